The Balaban J connectivity index is 2.31. The lowest BCUT2D eigenvalue weighted by Gasteiger charge is -2.00. The van der Waals surface area contributed by atoms with Crippen LogP contribution in [0.3, 0.4) is 0 Å². The van der Waals surface area contributed by atoms with Crippen LogP contribution in [0, 0.1) is 0 Å². The van der Waals surface area contributed by atoms with Crippen LogP contribution in [-0.2, 0) is 14.1 Å². The Morgan fingerprint density at radius 3 is 2.76 bits per heavy atom. The van der Waals surface area contributed by atoms with Crippen molar-refractivity contribution in [2.75, 3.05) is 0 Å². The Labute approximate surface area is 107 Å². The molecule has 0 aliphatic rings. The third kappa shape index (κ3) is 1.58. The van der Waals surface area contributed by atoms with E-state index in [1.54, 1.807) is 10.9 Å². The van der Waals surface area contributed by atoms with Gasteiger partial charge in [0.1, 0.15) is 5.65 Å². The summed E-state index contributed by atoms with van der Waals surface area (Å²) in [4.78, 5) is 4.40. The highest BCUT2D eigenvalue weighted by Crippen LogP contribution is 2.29. The first kappa shape index (κ1) is 10.5. The molecule has 17 heavy (non-hydrogen) atoms. The van der Waals surface area contributed by atoms with Crippen LogP contribution in [0.2, 0.25) is 0 Å². The first-order valence-electron chi connectivity index (χ1n) is 5.26. The molecule has 0 atom stereocenters. The van der Waals surface area contributed by atoms with E-state index in [9.17, 15) is 0 Å². The van der Waals surface area contributed by atoms with Crippen molar-refractivity contribution in [2.45, 2.75) is 0 Å². The molecule has 0 amide bonds. The summed E-state index contributed by atoms with van der Waals surface area (Å²) in [7, 11) is 3.93. The van der Waals surface area contributed by atoms with Crippen LogP contribution in [-0.4, -0.2) is 19.3 Å². The molecule has 0 aliphatic heterocycles. The van der Waals surface area contributed by atoms with Gasteiger partial charge in [-0.15, -0.1) is 0 Å². The van der Waals surface area contributed by atoms with Crippen LogP contribution in [0.5, 0.6) is 0 Å². The van der Waals surface area contributed by atoms with Crippen LogP contribution >= 0.6 is 15.9 Å². The number of aromatic nitrogens is 4. The number of hydrogen-bond donors (Lipinski definition) is 0. The second kappa shape index (κ2) is 3.70. The zero-order valence-corrected chi connectivity index (χ0v) is 11.1. The lowest BCUT2D eigenvalue weighted by Crippen LogP contribution is -1.92. The summed E-state index contributed by atoms with van der Waals surface area (Å²) >= 11 is 3.55. The molecule has 0 saturated heterocycles. The minimum atomic E-state index is 0.971. The van der Waals surface area contributed by atoms with E-state index in [4.69, 9.17) is 0 Å². The number of hydrogen-bond acceptors (Lipinski definition) is 2. The summed E-state index contributed by atoms with van der Waals surface area (Å²) in [5.41, 5.74) is 3.19. The van der Waals surface area contributed by atoms with Gasteiger partial charge in [-0.3, -0.25) is 4.68 Å². The molecule has 0 saturated carbocycles. The van der Waals surface area contributed by atoms with Gasteiger partial charge in [0.2, 0.25) is 0 Å². The smallest absolute Gasteiger partial charge is 0.141 e. The molecule has 0 aliphatic carbocycles. The summed E-state index contributed by atoms with van der Waals surface area (Å²) in [6.45, 7) is 0. The fraction of sp³-hybridized carbons (Fsp3) is 0.167. The van der Waals surface area contributed by atoms with Crippen molar-refractivity contribution >= 4 is 27.0 Å². The lowest BCUT2D eigenvalue weighted by molar-refractivity contribution is 0.768. The summed E-state index contributed by atoms with van der Waals surface area (Å²) in [6, 6.07) is 4.08. The van der Waals surface area contributed by atoms with Crippen LogP contribution < -0.4 is 0 Å². The normalized spacial score (nSPS) is 11.2. The molecule has 3 aromatic heterocycles. The zero-order valence-electron chi connectivity index (χ0n) is 9.55. The van der Waals surface area contributed by atoms with Crippen LogP contribution in [0.4, 0.5) is 0 Å². The Bertz CT molecular complexity index is 696. The Kier molecular flexibility index (Phi) is 2.29. The minimum Gasteiger partial charge on any atom is -0.328 e. The molecule has 0 fully saturated rings. The Hall–Kier alpha value is -1.62. The molecule has 0 spiro atoms. The van der Waals surface area contributed by atoms with E-state index in [1.165, 1.54) is 0 Å². The molecule has 86 valence electrons. The summed E-state index contributed by atoms with van der Waals surface area (Å²) < 4.78 is 4.94. The molecule has 3 aromatic rings. The first-order chi connectivity index (χ1) is 8.16. The molecular formula is C12H11BrN4. The standard InChI is InChI=1S/C12H11BrN4/c1-16-7-8(6-15-16)11-5-9-10(13)3-4-14-12(9)17(11)2/h3-7H,1-2H3. The van der Waals surface area contributed by atoms with E-state index in [0.717, 1.165) is 26.8 Å². The largest absolute Gasteiger partial charge is 0.328 e. The molecule has 3 rings (SSSR count). The molecule has 4 nitrogen and oxygen atoms in total. The third-order valence-electron chi connectivity index (χ3n) is 2.88. The molecule has 0 bridgehead atoms. The molecule has 3 heterocycles. The van der Waals surface area contributed by atoms with Crippen molar-refractivity contribution in [3.63, 3.8) is 0 Å². The molecular weight excluding hydrogens is 280 g/mol. The summed E-state index contributed by atoms with van der Waals surface area (Å²) in [6.07, 6.45) is 5.67. The van der Waals surface area contributed by atoms with Crippen molar-refractivity contribution in [3.8, 4) is 11.3 Å². The number of aryl methyl sites for hydroxylation is 2. The second-order valence-corrected chi connectivity index (χ2v) is 4.88. The number of rotatable bonds is 1. The maximum atomic E-state index is 4.40. The number of halogens is 1. The van der Waals surface area contributed by atoms with Crippen molar-refractivity contribution in [1.82, 2.24) is 19.3 Å². The van der Waals surface area contributed by atoms with Gasteiger partial charge >= 0.3 is 0 Å². The maximum absolute atomic E-state index is 4.40. The number of fused-ring (bicyclic) bond motifs is 1. The zero-order chi connectivity index (χ0) is 12.0. The molecule has 0 unspecified atom stereocenters. The predicted octanol–water partition coefficient (Wildman–Crippen LogP) is 2.74. The van der Waals surface area contributed by atoms with E-state index in [0.29, 0.717) is 0 Å². The lowest BCUT2D eigenvalue weighted by atomic mass is 10.2. The van der Waals surface area contributed by atoms with Gasteiger partial charge in [-0.1, -0.05) is 0 Å². The van der Waals surface area contributed by atoms with Crippen LogP contribution in [0.15, 0.2) is 35.2 Å². The van der Waals surface area contributed by atoms with Crippen molar-refractivity contribution in [2.24, 2.45) is 14.1 Å². The van der Waals surface area contributed by atoms with E-state index in [2.05, 4.69) is 36.6 Å². The van der Waals surface area contributed by atoms with E-state index < -0.39 is 0 Å². The van der Waals surface area contributed by atoms with E-state index >= 15 is 0 Å². The maximum Gasteiger partial charge on any atom is 0.141 e. The fourth-order valence-electron chi connectivity index (χ4n) is 2.02. The van der Waals surface area contributed by atoms with Crippen molar-refractivity contribution < 1.29 is 0 Å². The average Bonchev–Trinajstić information content (AvgIpc) is 2.85. The monoisotopic (exact) mass is 290 g/mol. The van der Waals surface area contributed by atoms with Gasteiger partial charge < -0.3 is 4.57 Å². The SMILES string of the molecule is Cn1cc(-c2cc3c(Br)ccnc3n2C)cn1. The van der Waals surface area contributed by atoms with Gasteiger partial charge in [0, 0.05) is 41.9 Å². The minimum absolute atomic E-state index is 0.971. The molecule has 0 N–H and O–H groups in total. The third-order valence-corrected chi connectivity index (χ3v) is 3.57. The van der Waals surface area contributed by atoms with Gasteiger partial charge in [0.15, 0.2) is 0 Å². The number of nitrogens with zero attached hydrogens (tertiary/aromatic N) is 4. The first-order valence-corrected chi connectivity index (χ1v) is 6.05. The quantitative estimate of drug-likeness (QED) is 0.691. The van der Waals surface area contributed by atoms with Gasteiger partial charge in [-0.2, -0.15) is 5.10 Å². The highest BCUT2D eigenvalue weighted by molar-refractivity contribution is 9.10. The van der Waals surface area contributed by atoms with Gasteiger partial charge in [-0.05, 0) is 28.1 Å². The highest BCUT2D eigenvalue weighted by Gasteiger charge is 2.11. The van der Waals surface area contributed by atoms with Crippen LogP contribution in [0.1, 0.15) is 0 Å². The van der Waals surface area contributed by atoms with E-state index in [-0.39, 0.29) is 0 Å². The second-order valence-electron chi connectivity index (χ2n) is 4.02. The Morgan fingerprint density at radius 1 is 1.29 bits per heavy atom. The van der Waals surface area contributed by atoms with Crippen LogP contribution in [0.25, 0.3) is 22.3 Å². The average molecular weight is 291 g/mol. The Morgan fingerprint density at radius 2 is 2.12 bits per heavy atom. The fourth-order valence-corrected chi connectivity index (χ4v) is 2.43. The summed E-state index contributed by atoms with van der Waals surface area (Å²) in [5, 5.41) is 5.32. The number of pyridine rings is 1. The topological polar surface area (TPSA) is 35.6 Å². The molecule has 0 aromatic carbocycles. The van der Waals surface area contributed by atoms with Crippen molar-refractivity contribution in [3.05, 3.63) is 35.2 Å². The molecule has 0 radical (unpaired) electrons. The van der Waals surface area contributed by atoms with Gasteiger partial charge in [0.25, 0.3) is 0 Å². The predicted molar refractivity (Wildman–Crippen MR) is 70.6 cm³/mol. The highest BCUT2D eigenvalue weighted by atomic mass is 79.9. The van der Waals surface area contributed by atoms with Gasteiger partial charge in [0.05, 0.1) is 11.9 Å². The van der Waals surface area contributed by atoms with Gasteiger partial charge in [-0.25, -0.2) is 4.98 Å². The van der Waals surface area contributed by atoms with E-state index in [1.807, 2.05) is 32.6 Å². The van der Waals surface area contributed by atoms with Crippen molar-refractivity contribution in [1.29, 1.82) is 0 Å². The summed E-state index contributed by atoms with van der Waals surface area (Å²) in [5.74, 6) is 0. The molecule has 5 heteroatoms.